The highest BCUT2D eigenvalue weighted by molar-refractivity contribution is 8.00. The maximum atomic E-state index is 12.8. The second kappa shape index (κ2) is 13.3. The first-order valence-corrected chi connectivity index (χ1v) is 14.1. The summed E-state index contributed by atoms with van der Waals surface area (Å²) < 4.78 is 10.5. The molecule has 0 fully saturated rings. The number of aryl methyl sites for hydroxylation is 1. The summed E-state index contributed by atoms with van der Waals surface area (Å²) in [6, 6.07) is 16.4. The van der Waals surface area contributed by atoms with Crippen LogP contribution in [0.3, 0.4) is 0 Å². The molecule has 2 amide bonds. The Balaban J connectivity index is 1.34. The van der Waals surface area contributed by atoms with Crippen molar-refractivity contribution in [3.63, 3.8) is 0 Å². The van der Waals surface area contributed by atoms with E-state index in [0.717, 1.165) is 42.6 Å². The van der Waals surface area contributed by atoms with E-state index in [0.29, 0.717) is 22.0 Å². The molecule has 0 bridgehead atoms. The molecule has 37 heavy (non-hydrogen) atoms. The summed E-state index contributed by atoms with van der Waals surface area (Å²) in [6.07, 6.45) is 6.20. The monoisotopic (exact) mass is 538 g/mol. The fourth-order valence-electron chi connectivity index (χ4n) is 4.16. The molecule has 2 aromatic carbocycles. The number of fused-ring (bicyclic) bond motifs is 1. The fourth-order valence-corrected chi connectivity index (χ4v) is 6.21. The average molecular weight is 539 g/mol. The molecule has 9 heteroatoms. The Morgan fingerprint density at radius 2 is 1.70 bits per heavy atom. The fraction of sp³-hybridized carbons (Fsp3) is 0.321. The van der Waals surface area contributed by atoms with Crippen LogP contribution in [0.1, 0.15) is 46.5 Å². The number of carbonyl (C=O) groups excluding carboxylic acids is 3. The van der Waals surface area contributed by atoms with Gasteiger partial charge in [0.2, 0.25) is 5.91 Å². The number of rotatable bonds is 9. The van der Waals surface area contributed by atoms with E-state index < -0.39 is 5.97 Å². The number of carbonyl (C=O) groups is 3. The van der Waals surface area contributed by atoms with Crippen LogP contribution in [-0.2, 0) is 27.2 Å². The minimum atomic E-state index is -0.402. The molecule has 7 nitrogen and oxygen atoms in total. The molecule has 1 heterocycles. The third-order valence-corrected chi connectivity index (χ3v) is 8.12. The van der Waals surface area contributed by atoms with Crippen molar-refractivity contribution in [2.45, 2.75) is 43.4 Å². The summed E-state index contributed by atoms with van der Waals surface area (Å²) in [5.74, 6) is -0.0818. The molecule has 4 rings (SSSR count). The maximum absolute atomic E-state index is 12.8. The number of thioether (sulfide) groups is 1. The molecule has 194 valence electrons. The highest BCUT2D eigenvalue weighted by Gasteiger charge is 2.25. The number of thiophene rings is 1. The maximum Gasteiger partial charge on any atom is 0.341 e. The summed E-state index contributed by atoms with van der Waals surface area (Å²) in [5, 5.41) is 6.33. The van der Waals surface area contributed by atoms with Gasteiger partial charge < -0.3 is 20.1 Å². The smallest absolute Gasteiger partial charge is 0.341 e. The number of hydrogen-bond donors (Lipinski definition) is 2. The number of nitrogens with one attached hydrogen (secondary N) is 2. The molecule has 2 N–H and O–H groups in total. The van der Waals surface area contributed by atoms with E-state index in [9.17, 15) is 14.4 Å². The molecule has 0 atom stereocenters. The minimum absolute atomic E-state index is 0.100. The molecule has 0 radical (unpaired) electrons. The third-order valence-electron chi connectivity index (χ3n) is 5.91. The molecule has 0 aliphatic heterocycles. The van der Waals surface area contributed by atoms with Crippen LogP contribution in [0.15, 0.2) is 59.5 Å². The zero-order chi connectivity index (χ0) is 26.0. The lowest BCUT2D eigenvalue weighted by molar-refractivity contribution is -0.118. The molecule has 3 aromatic rings. The minimum Gasteiger partial charge on any atom is -0.484 e. The Morgan fingerprint density at radius 3 is 2.49 bits per heavy atom. The molecule has 1 aromatic heterocycles. The number of ether oxygens (including phenoxy) is 2. The molecule has 0 saturated heterocycles. The van der Waals surface area contributed by atoms with Crippen molar-refractivity contribution >= 4 is 51.6 Å². The van der Waals surface area contributed by atoms with Gasteiger partial charge in [-0.1, -0.05) is 37.1 Å². The second-order valence-electron chi connectivity index (χ2n) is 8.63. The van der Waals surface area contributed by atoms with Gasteiger partial charge in [0, 0.05) is 15.5 Å². The largest absolute Gasteiger partial charge is 0.484 e. The Bertz CT molecular complexity index is 1240. The summed E-state index contributed by atoms with van der Waals surface area (Å²) in [4.78, 5) is 39.6. The third kappa shape index (κ3) is 7.60. The van der Waals surface area contributed by atoms with Crippen LogP contribution >= 0.6 is 23.1 Å². The van der Waals surface area contributed by atoms with E-state index in [4.69, 9.17) is 9.47 Å². The van der Waals surface area contributed by atoms with Gasteiger partial charge in [0.15, 0.2) is 6.61 Å². The van der Waals surface area contributed by atoms with Crippen LogP contribution in [0, 0.1) is 0 Å². The lowest BCUT2D eigenvalue weighted by Crippen LogP contribution is -2.20. The van der Waals surface area contributed by atoms with Gasteiger partial charge in [0.25, 0.3) is 5.91 Å². The number of methoxy groups -OCH3 is 1. The van der Waals surface area contributed by atoms with Crippen molar-refractivity contribution < 1.29 is 23.9 Å². The van der Waals surface area contributed by atoms with Gasteiger partial charge in [-0.3, -0.25) is 9.59 Å². The van der Waals surface area contributed by atoms with E-state index in [1.807, 2.05) is 36.4 Å². The molecular formula is C28H30N2O5S2. The lowest BCUT2D eigenvalue weighted by Gasteiger charge is -2.11. The Hall–Kier alpha value is -3.30. The van der Waals surface area contributed by atoms with E-state index in [-0.39, 0.29) is 24.2 Å². The highest BCUT2D eigenvalue weighted by Crippen LogP contribution is 2.37. The van der Waals surface area contributed by atoms with E-state index in [1.165, 1.54) is 41.5 Å². The van der Waals surface area contributed by atoms with Crippen molar-refractivity contribution in [2.75, 3.05) is 30.1 Å². The van der Waals surface area contributed by atoms with Crippen LogP contribution in [0.4, 0.5) is 10.7 Å². The molecule has 0 saturated carbocycles. The summed E-state index contributed by atoms with van der Waals surface area (Å²) in [5.41, 5.74) is 2.16. The van der Waals surface area contributed by atoms with Gasteiger partial charge in [0.05, 0.1) is 18.4 Å². The van der Waals surface area contributed by atoms with Crippen LogP contribution < -0.4 is 15.4 Å². The number of para-hydroxylation sites is 1. The van der Waals surface area contributed by atoms with E-state index in [1.54, 1.807) is 18.2 Å². The SMILES string of the molecule is COC(=O)c1c(NC(=O)CSc2cccc(NC(=O)COc3ccccc3)c2)sc2c1CCCCCC2. The standard InChI is InChI=1S/C28H30N2O5S2/c1-34-28(33)26-22-14-7-2-3-8-15-23(22)37-27(26)30-25(32)18-36-21-13-9-10-19(16-21)29-24(31)17-35-20-11-5-4-6-12-20/h4-6,9-13,16H,2-3,7-8,14-15,17-18H2,1H3,(H,29,31)(H,30,32). The van der Waals surface area contributed by atoms with Gasteiger partial charge in [-0.05, 0) is 61.6 Å². The summed E-state index contributed by atoms with van der Waals surface area (Å²) in [7, 11) is 1.37. The quantitative estimate of drug-likeness (QED) is 0.259. The highest BCUT2D eigenvalue weighted by atomic mass is 32.2. The molecule has 1 aliphatic carbocycles. The predicted molar refractivity (Wildman–Crippen MR) is 148 cm³/mol. The van der Waals surface area contributed by atoms with Crippen molar-refractivity contribution in [3.05, 3.63) is 70.6 Å². The Labute approximate surface area is 224 Å². The number of anilines is 2. The Kier molecular flexibility index (Phi) is 9.62. The zero-order valence-corrected chi connectivity index (χ0v) is 22.3. The summed E-state index contributed by atoms with van der Waals surface area (Å²) >= 11 is 2.84. The Morgan fingerprint density at radius 1 is 0.919 bits per heavy atom. The van der Waals surface area contributed by atoms with Crippen LogP contribution in [0.5, 0.6) is 5.75 Å². The van der Waals surface area contributed by atoms with Crippen molar-refractivity contribution in [1.82, 2.24) is 0 Å². The number of amides is 2. The lowest BCUT2D eigenvalue weighted by atomic mass is 9.96. The van der Waals surface area contributed by atoms with Gasteiger partial charge in [-0.2, -0.15) is 0 Å². The van der Waals surface area contributed by atoms with Gasteiger partial charge in [-0.15, -0.1) is 23.1 Å². The van der Waals surface area contributed by atoms with Crippen LogP contribution in [0.25, 0.3) is 0 Å². The number of hydrogen-bond acceptors (Lipinski definition) is 7. The van der Waals surface area contributed by atoms with Crippen LogP contribution in [-0.4, -0.2) is 37.3 Å². The van der Waals surface area contributed by atoms with Gasteiger partial charge in [-0.25, -0.2) is 4.79 Å². The van der Waals surface area contributed by atoms with E-state index in [2.05, 4.69) is 10.6 Å². The van der Waals surface area contributed by atoms with E-state index >= 15 is 0 Å². The number of esters is 1. The summed E-state index contributed by atoms with van der Waals surface area (Å²) in [6.45, 7) is -0.100. The number of benzene rings is 2. The first-order chi connectivity index (χ1) is 18.0. The van der Waals surface area contributed by atoms with Gasteiger partial charge in [0.1, 0.15) is 10.8 Å². The normalized spacial score (nSPS) is 13.0. The molecule has 0 spiro atoms. The first kappa shape index (κ1) is 26.8. The zero-order valence-electron chi connectivity index (χ0n) is 20.7. The van der Waals surface area contributed by atoms with Crippen molar-refractivity contribution in [1.29, 1.82) is 0 Å². The van der Waals surface area contributed by atoms with Crippen LogP contribution in [0.2, 0.25) is 0 Å². The predicted octanol–water partition coefficient (Wildman–Crippen LogP) is 5.94. The second-order valence-corrected chi connectivity index (χ2v) is 10.8. The van der Waals surface area contributed by atoms with Crippen molar-refractivity contribution in [2.24, 2.45) is 0 Å². The molecule has 0 unspecified atom stereocenters. The van der Waals surface area contributed by atoms with Gasteiger partial charge >= 0.3 is 5.97 Å². The first-order valence-electron chi connectivity index (χ1n) is 12.3. The topological polar surface area (TPSA) is 93.7 Å². The molecular weight excluding hydrogens is 508 g/mol. The molecule has 1 aliphatic rings. The van der Waals surface area contributed by atoms with Crippen molar-refractivity contribution in [3.8, 4) is 5.75 Å². The average Bonchev–Trinajstić information content (AvgIpc) is 3.22.